The Balaban J connectivity index is 2.11. The molecule has 0 bridgehead atoms. The molecule has 0 radical (unpaired) electrons. The van der Waals surface area contributed by atoms with Crippen LogP contribution in [0.25, 0.3) is 0 Å². The molecule has 2 rings (SSSR count). The third-order valence-corrected chi connectivity index (χ3v) is 6.32. The summed E-state index contributed by atoms with van der Waals surface area (Å²) in [4.78, 5) is 12.7. The van der Waals surface area contributed by atoms with Crippen LogP contribution in [0.1, 0.15) is 56.8 Å². The lowest BCUT2D eigenvalue weighted by atomic mass is 9.69. The minimum atomic E-state index is -3.48. The number of rotatable bonds is 4. The molecule has 0 heterocycles. The summed E-state index contributed by atoms with van der Waals surface area (Å²) in [7, 11) is -2.11. The summed E-state index contributed by atoms with van der Waals surface area (Å²) < 4.78 is 25.7. The topological polar surface area (TPSA) is 75.3 Å². The lowest BCUT2D eigenvalue weighted by molar-refractivity contribution is 0.0830. The summed E-state index contributed by atoms with van der Waals surface area (Å²) in [6.07, 6.45) is 4.48. The van der Waals surface area contributed by atoms with Gasteiger partial charge >= 0.3 is 0 Å². The molecule has 2 N–H and O–H groups in total. The molecule has 1 aromatic rings. The van der Waals surface area contributed by atoms with E-state index in [2.05, 4.69) is 30.8 Å². The van der Waals surface area contributed by atoms with Crippen molar-refractivity contribution in [3.63, 3.8) is 0 Å². The molecule has 1 saturated carbocycles. The number of amides is 1. The fraction of sp³-hybridized carbons (Fsp3) is 0.611. The van der Waals surface area contributed by atoms with Gasteiger partial charge in [-0.05, 0) is 55.5 Å². The second kappa shape index (κ2) is 7.23. The van der Waals surface area contributed by atoms with E-state index in [4.69, 9.17) is 0 Å². The van der Waals surface area contributed by atoms with E-state index in [9.17, 15) is 13.2 Å². The van der Waals surface area contributed by atoms with Crippen molar-refractivity contribution in [3.8, 4) is 0 Å². The third kappa shape index (κ3) is 4.36. The quantitative estimate of drug-likeness (QED) is 0.875. The minimum Gasteiger partial charge on any atom is -0.349 e. The van der Waals surface area contributed by atoms with Crippen molar-refractivity contribution in [2.75, 3.05) is 7.05 Å². The molecule has 2 atom stereocenters. The Kier molecular flexibility index (Phi) is 5.71. The lowest BCUT2D eigenvalue weighted by Gasteiger charge is -2.40. The van der Waals surface area contributed by atoms with Crippen LogP contribution in [0, 0.1) is 11.3 Å². The predicted molar refractivity (Wildman–Crippen MR) is 95.4 cm³/mol. The van der Waals surface area contributed by atoms with Crippen molar-refractivity contribution in [1.82, 2.24) is 10.0 Å². The summed E-state index contributed by atoms with van der Waals surface area (Å²) in [5.74, 6) is 0.323. The molecule has 134 valence electrons. The number of carbonyl (C=O) groups is 1. The monoisotopic (exact) mass is 352 g/mol. The number of carbonyl (C=O) groups excluding carboxylic acids is 1. The molecule has 6 heteroatoms. The highest BCUT2D eigenvalue weighted by molar-refractivity contribution is 7.89. The number of nitrogens with one attached hydrogen (secondary N) is 2. The molecule has 0 saturated heterocycles. The van der Waals surface area contributed by atoms with Crippen molar-refractivity contribution in [2.45, 2.75) is 57.4 Å². The highest BCUT2D eigenvalue weighted by atomic mass is 32.2. The van der Waals surface area contributed by atoms with Crippen LogP contribution in [-0.2, 0) is 10.0 Å². The molecular formula is C18H28N2O3S. The Bertz CT molecular complexity index is 675. The molecular weight excluding hydrogens is 324 g/mol. The van der Waals surface area contributed by atoms with Crippen LogP contribution in [-0.4, -0.2) is 27.4 Å². The van der Waals surface area contributed by atoms with Crippen molar-refractivity contribution in [3.05, 3.63) is 29.8 Å². The van der Waals surface area contributed by atoms with Crippen LogP contribution in [0.4, 0.5) is 0 Å². The zero-order valence-electron chi connectivity index (χ0n) is 14.9. The standard InChI is InChI=1S/C18H28N2O3S/c1-18(2,3)15-7-5-6-8-16(15)20-17(21)13-9-11-14(12-10-13)24(22,23)19-4/h9-12,15-16,19H,5-8H2,1-4H3,(H,20,21). The molecule has 0 aromatic heterocycles. The molecule has 2 unspecified atom stereocenters. The first kappa shape index (κ1) is 18.9. The van der Waals surface area contributed by atoms with Crippen LogP contribution < -0.4 is 10.0 Å². The fourth-order valence-corrected chi connectivity index (χ4v) is 4.23. The minimum absolute atomic E-state index is 0.135. The summed E-state index contributed by atoms with van der Waals surface area (Å²) >= 11 is 0. The summed E-state index contributed by atoms with van der Waals surface area (Å²) in [5.41, 5.74) is 0.645. The van der Waals surface area contributed by atoms with Crippen LogP contribution in [0.15, 0.2) is 29.2 Å². The smallest absolute Gasteiger partial charge is 0.251 e. The van der Waals surface area contributed by atoms with E-state index in [-0.39, 0.29) is 22.3 Å². The SMILES string of the molecule is CNS(=O)(=O)c1ccc(C(=O)NC2CCCCC2C(C)(C)C)cc1. The molecule has 1 aliphatic rings. The highest BCUT2D eigenvalue weighted by Gasteiger charge is 2.35. The van der Waals surface area contributed by atoms with Crippen LogP contribution in [0.3, 0.4) is 0 Å². The molecule has 1 aromatic carbocycles. The first-order chi connectivity index (χ1) is 11.1. The van der Waals surface area contributed by atoms with E-state index >= 15 is 0 Å². The molecule has 0 aliphatic heterocycles. The number of benzene rings is 1. The fourth-order valence-electron chi connectivity index (χ4n) is 3.50. The highest BCUT2D eigenvalue weighted by Crippen LogP contribution is 2.38. The van der Waals surface area contributed by atoms with Gasteiger partial charge in [0.05, 0.1) is 4.90 Å². The summed E-state index contributed by atoms with van der Waals surface area (Å²) in [5, 5.41) is 3.16. The van der Waals surface area contributed by atoms with Gasteiger partial charge < -0.3 is 5.32 Å². The Morgan fingerprint density at radius 1 is 1.08 bits per heavy atom. The van der Waals surface area contributed by atoms with Crippen molar-refractivity contribution in [1.29, 1.82) is 0 Å². The summed E-state index contributed by atoms with van der Waals surface area (Å²) in [6.45, 7) is 6.67. The molecule has 1 aliphatic carbocycles. The van der Waals surface area contributed by atoms with Gasteiger partial charge in [-0.2, -0.15) is 0 Å². The second-order valence-electron chi connectivity index (χ2n) is 7.57. The van der Waals surface area contributed by atoms with Gasteiger partial charge in [-0.25, -0.2) is 13.1 Å². The van der Waals surface area contributed by atoms with Gasteiger partial charge in [-0.15, -0.1) is 0 Å². The molecule has 0 spiro atoms. The van der Waals surface area contributed by atoms with E-state index in [0.29, 0.717) is 11.5 Å². The van der Waals surface area contributed by atoms with Crippen molar-refractivity contribution < 1.29 is 13.2 Å². The molecule has 1 amide bonds. The maximum atomic E-state index is 12.5. The Morgan fingerprint density at radius 3 is 2.21 bits per heavy atom. The van der Waals surface area contributed by atoms with Gasteiger partial charge in [0.2, 0.25) is 10.0 Å². The lowest BCUT2D eigenvalue weighted by Crippen LogP contribution is -2.46. The number of sulfonamides is 1. The first-order valence-corrected chi connectivity index (χ1v) is 9.98. The van der Waals surface area contributed by atoms with Gasteiger partial charge in [0.1, 0.15) is 0 Å². The van der Waals surface area contributed by atoms with Crippen molar-refractivity contribution in [2.24, 2.45) is 11.3 Å². The van der Waals surface area contributed by atoms with Crippen LogP contribution in [0.5, 0.6) is 0 Å². The van der Waals surface area contributed by atoms with Crippen LogP contribution >= 0.6 is 0 Å². The van der Waals surface area contributed by atoms with Gasteiger partial charge in [0.25, 0.3) is 5.91 Å². The van der Waals surface area contributed by atoms with E-state index in [1.165, 1.54) is 25.6 Å². The normalized spacial score (nSPS) is 22.2. The summed E-state index contributed by atoms with van der Waals surface area (Å²) in [6, 6.07) is 6.22. The number of hydrogen-bond donors (Lipinski definition) is 2. The van der Waals surface area contributed by atoms with E-state index < -0.39 is 10.0 Å². The number of hydrogen-bond acceptors (Lipinski definition) is 3. The Morgan fingerprint density at radius 2 is 1.67 bits per heavy atom. The van der Waals surface area contributed by atoms with E-state index in [1.807, 2.05) is 0 Å². The largest absolute Gasteiger partial charge is 0.349 e. The van der Waals surface area contributed by atoms with Gasteiger partial charge in [-0.1, -0.05) is 33.6 Å². The maximum absolute atomic E-state index is 12.5. The first-order valence-electron chi connectivity index (χ1n) is 8.49. The van der Waals surface area contributed by atoms with E-state index in [0.717, 1.165) is 19.3 Å². The second-order valence-corrected chi connectivity index (χ2v) is 9.46. The predicted octanol–water partition coefficient (Wildman–Crippen LogP) is 2.93. The molecule has 5 nitrogen and oxygen atoms in total. The molecule has 1 fully saturated rings. The average Bonchev–Trinajstić information content (AvgIpc) is 2.54. The van der Waals surface area contributed by atoms with Crippen molar-refractivity contribution >= 4 is 15.9 Å². The zero-order chi connectivity index (χ0) is 18.0. The van der Waals surface area contributed by atoms with Crippen LogP contribution in [0.2, 0.25) is 0 Å². The maximum Gasteiger partial charge on any atom is 0.251 e. The molecule has 24 heavy (non-hydrogen) atoms. The van der Waals surface area contributed by atoms with Gasteiger partial charge in [0.15, 0.2) is 0 Å². The van der Waals surface area contributed by atoms with Gasteiger partial charge in [-0.3, -0.25) is 4.79 Å². The third-order valence-electron chi connectivity index (χ3n) is 4.89. The zero-order valence-corrected chi connectivity index (χ0v) is 15.7. The average molecular weight is 353 g/mol. The Hall–Kier alpha value is -1.40. The van der Waals surface area contributed by atoms with E-state index in [1.54, 1.807) is 12.1 Å². The Labute approximate surface area is 145 Å². The van der Waals surface area contributed by atoms with Gasteiger partial charge in [0, 0.05) is 11.6 Å².